The third-order valence-corrected chi connectivity index (χ3v) is 2.29. The van der Waals surface area contributed by atoms with Crippen molar-refractivity contribution in [2.45, 2.75) is 25.9 Å². The molecule has 0 aliphatic carbocycles. The molecule has 1 aromatic carbocycles. The molecule has 1 rings (SSSR count). The summed E-state index contributed by atoms with van der Waals surface area (Å²) >= 11 is 0. The Bertz CT molecular complexity index is 327. The highest BCUT2D eigenvalue weighted by Crippen LogP contribution is 1.97. The molecule has 3 N–H and O–H groups in total. The lowest BCUT2D eigenvalue weighted by Gasteiger charge is -2.12. The van der Waals surface area contributed by atoms with Crippen LogP contribution in [0.25, 0.3) is 0 Å². The monoisotopic (exact) mass is 236 g/mol. The summed E-state index contributed by atoms with van der Waals surface area (Å²) in [6, 6.07) is 9.14. The van der Waals surface area contributed by atoms with Crippen LogP contribution >= 0.6 is 0 Å². The molecule has 1 amide bonds. The topological polar surface area (TPSA) is 64.3 Å². The van der Waals surface area contributed by atoms with Crippen LogP contribution in [0, 0.1) is 0 Å². The molecule has 94 valence electrons. The van der Waals surface area contributed by atoms with Crippen LogP contribution in [-0.4, -0.2) is 25.2 Å². The maximum Gasteiger partial charge on any atom is 0.239 e. The minimum absolute atomic E-state index is 0.176. The van der Waals surface area contributed by atoms with Crippen molar-refractivity contribution >= 4 is 5.91 Å². The van der Waals surface area contributed by atoms with Gasteiger partial charge < -0.3 is 15.8 Å². The highest BCUT2D eigenvalue weighted by molar-refractivity contribution is 5.81. The Hall–Kier alpha value is -1.39. The Labute approximate surface area is 102 Å². The van der Waals surface area contributed by atoms with Crippen molar-refractivity contribution in [1.82, 2.24) is 5.32 Å². The van der Waals surface area contributed by atoms with Crippen LogP contribution in [0.3, 0.4) is 0 Å². The van der Waals surface area contributed by atoms with Crippen molar-refractivity contribution in [1.29, 1.82) is 0 Å². The van der Waals surface area contributed by atoms with Crippen LogP contribution in [-0.2, 0) is 16.1 Å². The zero-order valence-corrected chi connectivity index (χ0v) is 10.2. The van der Waals surface area contributed by atoms with E-state index in [9.17, 15) is 4.79 Å². The lowest BCUT2D eigenvalue weighted by molar-refractivity contribution is -0.123. The van der Waals surface area contributed by atoms with Gasteiger partial charge in [0.15, 0.2) is 0 Å². The average Bonchev–Trinajstić information content (AvgIpc) is 2.37. The molecule has 0 aliphatic rings. The van der Waals surface area contributed by atoms with Crippen molar-refractivity contribution in [3.8, 4) is 0 Å². The fourth-order valence-corrected chi connectivity index (χ4v) is 1.35. The molecule has 0 saturated carbocycles. The Balaban J connectivity index is 2.24. The number of hydrogen-bond donors (Lipinski definition) is 2. The molecule has 0 aromatic heterocycles. The lowest BCUT2D eigenvalue weighted by Crippen LogP contribution is -2.43. The summed E-state index contributed by atoms with van der Waals surface area (Å²) in [4.78, 5) is 11.6. The minimum Gasteiger partial charge on any atom is -0.379 e. The van der Waals surface area contributed by atoms with E-state index in [0.717, 1.165) is 12.0 Å². The van der Waals surface area contributed by atoms with Gasteiger partial charge in [-0.15, -0.1) is 0 Å². The van der Waals surface area contributed by atoms with Gasteiger partial charge in [-0.05, 0) is 12.0 Å². The highest BCUT2D eigenvalue weighted by Gasteiger charge is 2.12. The zero-order valence-electron chi connectivity index (χ0n) is 10.2. The van der Waals surface area contributed by atoms with Gasteiger partial charge in [0.25, 0.3) is 0 Å². The Morgan fingerprint density at radius 3 is 2.76 bits per heavy atom. The predicted molar refractivity (Wildman–Crippen MR) is 67.4 cm³/mol. The van der Waals surface area contributed by atoms with E-state index in [1.54, 1.807) is 0 Å². The minimum atomic E-state index is -0.592. The van der Waals surface area contributed by atoms with Gasteiger partial charge in [-0.3, -0.25) is 4.79 Å². The molecule has 0 heterocycles. The lowest BCUT2D eigenvalue weighted by atomic mass is 10.2. The van der Waals surface area contributed by atoms with Gasteiger partial charge in [0.05, 0.1) is 6.61 Å². The van der Waals surface area contributed by atoms with E-state index in [1.807, 2.05) is 37.3 Å². The number of amides is 1. The molecule has 0 fully saturated rings. The van der Waals surface area contributed by atoms with Crippen molar-refractivity contribution in [2.24, 2.45) is 5.73 Å². The quantitative estimate of drug-likeness (QED) is 0.696. The average molecular weight is 236 g/mol. The number of nitrogens with two attached hydrogens (primary N) is 1. The summed E-state index contributed by atoms with van der Waals surface area (Å²) in [6.45, 7) is 3.43. The smallest absolute Gasteiger partial charge is 0.239 e. The molecule has 0 spiro atoms. The summed E-state index contributed by atoms with van der Waals surface area (Å²) < 4.78 is 5.23. The Morgan fingerprint density at radius 2 is 2.12 bits per heavy atom. The van der Waals surface area contributed by atoms with Gasteiger partial charge in [0.2, 0.25) is 5.91 Å². The van der Waals surface area contributed by atoms with E-state index in [4.69, 9.17) is 10.5 Å². The summed E-state index contributed by atoms with van der Waals surface area (Å²) in [5.41, 5.74) is 6.74. The van der Waals surface area contributed by atoms with E-state index < -0.39 is 6.04 Å². The Kier molecular flexibility index (Phi) is 6.29. The normalized spacial score (nSPS) is 12.1. The fraction of sp³-hybridized carbons (Fsp3) is 0.462. The second kappa shape index (κ2) is 7.81. The number of carbonyl (C=O) groups excluding carboxylic acids is 1. The third-order valence-electron chi connectivity index (χ3n) is 2.29. The molecular formula is C13H20N2O2. The van der Waals surface area contributed by atoms with Crippen molar-refractivity contribution in [3.05, 3.63) is 35.9 Å². The zero-order chi connectivity index (χ0) is 12.5. The number of nitrogens with one attached hydrogen (secondary N) is 1. The van der Waals surface area contributed by atoms with Crippen LogP contribution in [0.1, 0.15) is 18.9 Å². The van der Waals surface area contributed by atoms with Gasteiger partial charge in [0, 0.05) is 13.2 Å². The third kappa shape index (κ3) is 5.47. The van der Waals surface area contributed by atoms with Gasteiger partial charge >= 0.3 is 0 Å². The Morgan fingerprint density at radius 1 is 1.41 bits per heavy atom. The summed E-state index contributed by atoms with van der Waals surface area (Å²) in [5, 5.41) is 2.78. The predicted octanol–water partition coefficient (Wildman–Crippen LogP) is 1.06. The first-order valence-electron chi connectivity index (χ1n) is 5.89. The van der Waals surface area contributed by atoms with E-state index in [0.29, 0.717) is 13.2 Å². The number of rotatable bonds is 7. The number of benzene rings is 1. The molecular weight excluding hydrogens is 216 g/mol. The molecule has 1 atom stereocenters. The van der Waals surface area contributed by atoms with E-state index in [1.165, 1.54) is 0 Å². The van der Waals surface area contributed by atoms with Gasteiger partial charge in [-0.2, -0.15) is 0 Å². The summed E-state index contributed by atoms with van der Waals surface area (Å²) in [6.07, 6.45) is 0.929. The van der Waals surface area contributed by atoms with Crippen LogP contribution in [0.2, 0.25) is 0 Å². The second-order valence-electron chi connectivity index (χ2n) is 3.88. The largest absolute Gasteiger partial charge is 0.379 e. The first kappa shape index (κ1) is 13.7. The van der Waals surface area contributed by atoms with Crippen molar-refractivity contribution < 1.29 is 9.53 Å². The van der Waals surface area contributed by atoms with Gasteiger partial charge in [-0.25, -0.2) is 0 Å². The maximum absolute atomic E-state index is 11.6. The standard InChI is InChI=1S/C13H20N2O2/c1-2-8-17-10-12(14)13(16)15-9-11-6-4-3-5-7-11/h3-7,12H,2,8-10,14H2,1H3,(H,15,16)/t12-/m1/s1. The number of carbonyl (C=O) groups is 1. The van der Waals surface area contributed by atoms with Gasteiger partial charge in [-0.1, -0.05) is 37.3 Å². The highest BCUT2D eigenvalue weighted by atomic mass is 16.5. The molecule has 0 aliphatic heterocycles. The molecule has 4 heteroatoms. The van der Waals surface area contributed by atoms with Crippen LogP contribution in [0.15, 0.2) is 30.3 Å². The first-order chi connectivity index (χ1) is 8.24. The number of hydrogen-bond acceptors (Lipinski definition) is 3. The molecule has 1 aromatic rings. The van der Waals surface area contributed by atoms with E-state index in [-0.39, 0.29) is 12.5 Å². The van der Waals surface area contributed by atoms with Crippen LogP contribution in [0.4, 0.5) is 0 Å². The van der Waals surface area contributed by atoms with E-state index >= 15 is 0 Å². The molecule has 0 unspecified atom stereocenters. The second-order valence-corrected chi connectivity index (χ2v) is 3.88. The van der Waals surface area contributed by atoms with E-state index in [2.05, 4.69) is 5.32 Å². The number of ether oxygens (including phenoxy) is 1. The SMILES string of the molecule is CCCOC[C@@H](N)C(=O)NCc1ccccc1. The maximum atomic E-state index is 11.6. The summed E-state index contributed by atoms with van der Waals surface area (Å²) in [7, 11) is 0. The van der Waals surface area contributed by atoms with Crippen molar-refractivity contribution in [3.63, 3.8) is 0 Å². The molecule has 17 heavy (non-hydrogen) atoms. The van der Waals surface area contributed by atoms with Crippen LogP contribution in [0.5, 0.6) is 0 Å². The fourth-order valence-electron chi connectivity index (χ4n) is 1.35. The van der Waals surface area contributed by atoms with Crippen molar-refractivity contribution in [2.75, 3.05) is 13.2 Å². The first-order valence-corrected chi connectivity index (χ1v) is 5.89. The molecule has 4 nitrogen and oxygen atoms in total. The van der Waals surface area contributed by atoms with Gasteiger partial charge in [0.1, 0.15) is 6.04 Å². The summed E-state index contributed by atoms with van der Waals surface area (Å²) in [5.74, 6) is -0.176. The molecule has 0 bridgehead atoms. The van der Waals surface area contributed by atoms with Crippen LogP contribution < -0.4 is 11.1 Å². The molecule has 0 saturated heterocycles. The molecule has 0 radical (unpaired) electrons.